The summed E-state index contributed by atoms with van der Waals surface area (Å²) >= 11 is 0. The van der Waals surface area contributed by atoms with Crippen molar-refractivity contribution >= 4 is 0 Å². The lowest BCUT2D eigenvalue weighted by Gasteiger charge is -2.32. The quantitative estimate of drug-likeness (QED) is 0.682. The summed E-state index contributed by atoms with van der Waals surface area (Å²) in [5, 5.41) is 0. The third-order valence-electron chi connectivity index (χ3n) is 2.68. The van der Waals surface area contributed by atoms with Gasteiger partial charge in [0.2, 0.25) is 0 Å². The highest BCUT2D eigenvalue weighted by molar-refractivity contribution is 5.07. The molecule has 1 aromatic rings. The summed E-state index contributed by atoms with van der Waals surface area (Å²) in [5.41, 5.74) is 1.29. The Balaban J connectivity index is 1.87. The van der Waals surface area contributed by atoms with Gasteiger partial charge in [0.25, 0.3) is 0 Å². The van der Waals surface area contributed by atoms with E-state index >= 15 is 0 Å². The minimum absolute atomic E-state index is 1.02. The second-order valence-corrected chi connectivity index (χ2v) is 3.87. The molecular formula is C11H16N3. The van der Waals surface area contributed by atoms with Gasteiger partial charge in [0.1, 0.15) is 0 Å². The van der Waals surface area contributed by atoms with Gasteiger partial charge in [-0.05, 0) is 18.7 Å². The van der Waals surface area contributed by atoms with Crippen molar-refractivity contribution in [3.05, 3.63) is 30.1 Å². The van der Waals surface area contributed by atoms with Crippen molar-refractivity contribution in [1.29, 1.82) is 0 Å². The van der Waals surface area contributed by atoms with Crippen molar-refractivity contribution in [2.24, 2.45) is 0 Å². The maximum absolute atomic E-state index is 4.00. The molecule has 2 heterocycles. The number of nitrogens with zero attached hydrogens (tertiary/aromatic N) is 3. The summed E-state index contributed by atoms with van der Waals surface area (Å²) in [6, 6.07) is 3.97. The number of pyridine rings is 1. The Morgan fingerprint density at radius 1 is 1.36 bits per heavy atom. The minimum Gasteiger partial charge on any atom is -0.304 e. The van der Waals surface area contributed by atoms with Gasteiger partial charge in [-0.1, -0.05) is 6.07 Å². The van der Waals surface area contributed by atoms with Crippen LogP contribution in [0.3, 0.4) is 0 Å². The van der Waals surface area contributed by atoms with Crippen LogP contribution in [-0.2, 0) is 6.54 Å². The SMILES string of the molecule is CN1CCN(Cc2cc[c]nc2)CC1. The van der Waals surface area contributed by atoms with Crippen LogP contribution in [0.4, 0.5) is 0 Å². The molecule has 0 saturated carbocycles. The Kier molecular flexibility index (Phi) is 3.11. The van der Waals surface area contributed by atoms with E-state index < -0.39 is 0 Å². The van der Waals surface area contributed by atoms with Gasteiger partial charge in [-0.3, -0.25) is 9.88 Å². The first-order valence-corrected chi connectivity index (χ1v) is 5.06. The third kappa shape index (κ3) is 2.53. The van der Waals surface area contributed by atoms with Crippen LogP contribution in [0.15, 0.2) is 18.3 Å². The number of piperazine rings is 1. The van der Waals surface area contributed by atoms with Crippen molar-refractivity contribution in [3.63, 3.8) is 0 Å². The Labute approximate surface area is 85.4 Å². The summed E-state index contributed by atoms with van der Waals surface area (Å²) < 4.78 is 0. The van der Waals surface area contributed by atoms with Crippen molar-refractivity contribution in [2.45, 2.75) is 6.54 Å². The second kappa shape index (κ2) is 4.53. The van der Waals surface area contributed by atoms with E-state index in [0.717, 1.165) is 19.6 Å². The molecule has 0 amide bonds. The first-order valence-electron chi connectivity index (χ1n) is 5.06. The van der Waals surface area contributed by atoms with Crippen LogP contribution >= 0.6 is 0 Å². The summed E-state index contributed by atoms with van der Waals surface area (Å²) in [4.78, 5) is 8.84. The lowest BCUT2D eigenvalue weighted by atomic mass is 10.2. The summed E-state index contributed by atoms with van der Waals surface area (Å²) in [5.74, 6) is 0. The summed E-state index contributed by atoms with van der Waals surface area (Å²) in [6.07, 6.45) is 4.70. The van der Waals surface area contributed by atoms with E-state index in [1.54, 1.807) is 0 Å². The fourth-order valence-electron chi connectivity index (χ4n) is 1.71. The van der Waals surface area contributed by atoms with Gasteiger partial charge in [0.15, 0.2) is 0 Å². The van der Waals surface area contributed by atoms with Crippen LogP contribution < -0.4 is 0 Å². The number of hydrogen-bond donors (Lipinski definition) is 0. The van der Waals surface area contributed by atoms with Gasteiger partial charge in [0, 0.05) is 38.9 Å². The predicted octanol–water partition coefficient (Wildman–Crippen LogP) is 0.629. The molecule has 0 unspecified atom stereocenters. The number of likely N-dealkylation sites (N-methyl/N-ethyl adjacent to an activating group) is 1. The standard InChI is InChI=1S/C11H16N3/c1-13-5-7-14(8-6-13)10-11-3-2-4-12-9-11/h2-3,9H,5-8,10H2,1H3. The molecular weight excluding hydrogens is 174 g/mol. The topological polar surface area (TPSA) is 19.4 Å². The maximum atomic E-state index is 4.00. The van der Waals surface area contributed by atoms with Crippen LogP contribution in [0.25, 0.3) is 0 Å². The van der Waals surface area contributed by atoms with E-state index in [2.05, 4.69) is 34.1 Å². The van der Waals surface area contributed by atoms with Crippen molar-refractivity contribution in [3.8, 4) is 0 Å². The zero-order valence-electron chi connectivity index (χ0n) is 8.61. The van der Waals surface area contributed by atoms with E-state index in [9.17, 15) is 0 Å². The van der Waals surface area contributed by atoms with E-state index in [4.69, 9.17) is 0 Å². The number of rotatable bonds is 2. The molecule has 14 heavy (non-hydrogen) atoms. The van der Waals surface area contributed by atoms with Gasteiger partial charge in [-0.2, -0.15) is 0 Å². The van der Waals surface area contributed by atoms with Gasteiger partial charge >= 0.3 is 0 Å². The molecule has 1 saturated heterocycles. The molecule has 75 valence electrons. The molecule has 2 rings (SSSR count). The van der Waals surface area contributed by atoms with E-state index in [0.29, 0.717) is 0 Å². The number of hydrogen-bond acceptors (Lipinski definition) is 3. The summed E-state index contributed by atoms with van der Waals surface area (Å²) in [6.45, 7) is 5.69. The summed E-state index contributed by atoms with van der Waals surface area (Å²) in [7, 11) is 2.18. The molecule has 3 nitrogen and oxygen atoms in total. The van der Waals surface area contributed by atoms with Crippen molar-refractivity contribution in [1.82, 2.24) is 14.8 Å². The predicted molar refractivity (Wildman–Crippen MR) is 55.8 cm³/mol. The van der Waals surface area contributed by atoms with Gasteiger partial charge in [-0.25, -0.2) is 0 Å². The fraction of sp³-hybridized carbons (Fsp3) is 0.545. The van der Waals surface area contributed by atoms with E-state index in [-0.39, 0.29) is 0 Å². The van der Waals surface area contributed by atoms with Crippen LogP contribution in [0.2, 0.25) is 0 Å². The molecule has 0 aliphatic carbocycles. The normalized spacial score (nSPS) is 19.8. The molecule has 1 aromatic heterocycles. The van der Waals surface area contributed by atoms with Crippen molar-refractivity contribution < 1.29 is 0 Å². The average molecular weight is 190 g/mol. The average Bonchev–Trinajstić information content (AvgIpc) is 2.23. The second-order valence-electron chi connectivity index (χ2n) is 3.87. The van der Waals surface area contributed by atoms with Crippen LogP contribution in [0.1, 0.15) is 5.56 Å². The monoisotopic (exact) mass is 190 g/mol. The van der Waals surface area contributed by atoms with Gasteiger partial charge in [0.05, 0.1) is 6.20 Å². The lowest BCUT2D eigenvalue weighted by Crippen LogP contribution is -2.43. The highest BCUT2D eigenvalue weighted by Gasteiger charge is 2.13. The van der Waals surface area contributed by atoms with Crippen molar-refractivity contribution in [2.75, 3.05) is 33.2 Å². The molecule has 1 radical (unpaired) electrons. The largest absolute Gasteiger partial charge is 0.304 e. The smallest absolute Gasteiger partial charge is 0.0886 e. The highest BCUT2D eigenvalue weighted by Crippen LogP contribution is 2.05. The third-order valence-corrected chi connectivity index (χ3v) is 2.68. The Morgan fingerprint density at radius 2 is 2.14 bits per heavy atom. The first kappa shape index (κ1) is 9.62. The molecule has 0 spiro atoms. The van der Waals surface area contributed by atoms with Crippen LogP contribution in [0, 0.1) is 6.20 Å². The number of aromatic nitrogens is 1. The zero-order chi connectivity index (χ0) is 9.80. The molecule has 0 N–H and O–H groups in total. The Morgan fingerprint density at radius 3 is 2.79 bits per heavy atom. The molecule has 1 aliphatic rings. The fourth-order valence-corrected chi connectivity index (χ4v) is 1.71. The van der Waals surface area contributed by atoms with Gasteiger partial charge in [-0.15, -0.1) is 0 Å². The lowest BCUT2D eigenvalue weighted by molar-refractivity contribution is 0.148. The molecule has 1 fully saturated rings. The molecule has 0 bridgehead atoms. The minimum atomic E-state index is 1.02. The molecule has 1 aliphatic heterocycles. The molecule has 3 heteroatoms. The van der Waals surface area contributed by atoms with Crippen LogP contribution in [-0.4, -0.2) is 48.0 Å². The zero-order valence-corrected chi connectivity index (χ0v) is 8.61. The molecule has 0 atom stereocenters. The first-order chi connectivity index (χ1) is 6.84. The van der Waals surface area contributed by atoms with E-state index in [1.165, 1.54) is 18.7 Å². The Hall–Kier alpha value is -0.930. The maximum Gasteiger partial charge on any atom is 0.0886 e. The Bertz CT molecular complexity index is 265. The molecule has 0 aromatic carbocycles. The van der Waals surface area contributed by atoms with E-state index in [1.807, 2.05) is 12.3 Å². The van der Waals surface area contributed by atoms with Crippen LogP contribution in [0.5, 0.6) is 0 Å². The highest BCUT2D eigenvalue weighted by atomic mass is 15.2. The van der Waals surface area contributed by atoms with Gasteiger partial charge < -0.3 is 4.90 Å².